The highest BCUT2D eigenvalue weighted by molar-refractivity contribution is 6.31. The Kier molecular flexibility index (Phi) is 3.75. The molecule has 102 valence electrons. The molecule has 0 aliphatic heterocycles. The maximum atomic E-state index is 13.7. The number of hydrogen-bond donors (Lipinski definition) is 2. The summed E-state index contributed by atoms with van der Waals surface area (Å²) in [6.07, 6.45) is 0.485. The average molecular weight is 286 g/mol. The molecule has 2 unspecified atom stereocenters. The van der Waals surface area contributed by atoms with Gasteiger partial charge >= 0.3 is 5.97 Å². The third-order valence-corrected chi connectivity index (χ3v) is 3.56. The second kappa shape index (κ2) is 5.17. The van der Waals surface area contributed by atoms with Gasteiger partial charge in [-0.3, -0.25) is 9.59 Å². The number of carboxylic acid groups (broad SMARTS) is 1. The number of amides is 1. The molecule has 4 nitrogen and oxygen atoms in total. The van der Waals surface area contributed by atoms with Gasteiger partial charge in [0.1, 0.15) is 11.9 Å². The minimum atomic E-state index is -1.10. The largest absolute Gasteiger partial charge is 0.480 e. The zero-order chi connectivity index (χ0) is 14.2. The molecule has 0 aromatic heterocycles. The molecule has 1 amide bonds. The van der Waals surface area contributed by atoms with Crippen LogP contribution in [0, 0.1) is 11.7 Å². The second-order valence-corrected chi connectivity index (χ2v) is 5.06. The first-order valence-electron chi connectivity index (χ1n) is 5.89. The van der Waals surface area contributed by atoms with Crippen molar-refractivity contribution in [2.75, 3.05) is 0 Å². The lowest BCUT2D eigenvalue weighted by molar-refractivity contribution is -0.141. The van der Waals surface area contributed by atoms with Gasteiger partial charge in [-0.2, -0.15) is 0 Å². The number of carboxylic acids is 1. The molecular weight excluding hydrogens is 273 g/mol. The van der Waals surface area contributed by atoms with E-state index in [1.54, 1.807) is 6.07 Å². The van der Waals surface area contributed by atoms with Crippen molar-refractivity contribution in [1.29, 1.82) is 0 Å². The van der Waals surface area contributed by atoms with Gasteiger partial charge in [-0.25, -0.2) is 4.39 Å². The predicted octanol–water partition coefficient (Wildman–Crippen LogP) is 2.17. The molecule has 3 atom stereocenters. The normalized spacial score (nSPS) is 22.7. The fourth-order valence-electron chi connectivity index (χ4n) is 2.05. The van der Waals surface area contributed by atoms with E-state index in [0.717, 1.165) is 0 Å². The molecule has 2 N–H and O–H groups in total. The number of benzene rings is 1. The Hall–Kier alpha value is -1.62. The van der Waals surface area contributed by atoms with Crippen LogP contribution < -0.4 is 5.32 Å². The van der Waals surface area contributed by atoms with Crippen molar-refractivity contribution in [2.45, 2.75) is 25.3 Å². The molecule has 6 heteroatoms. The number of hydrogen-bond acceptors (Lipinski definition) is 2. The molecule has 0 saturated heterocycles. The summed E-state index contributed by atoms with van der Waals surface area (Å²) in [6.45, 7) is 1.38. The van der Waals surface area contributed by atoms with Crippen molar-refractivity contribution in [3.8, 4) is 0 Å². The first kappa shape index (κ1) is 13.8. The number of carbonyl (C=O) groups excluding carboxylic acids is 1. The lowest BCUT2D eigenvalue weighted by atomic mass is 10.1. The van der Waals surface area contributed by atoms with Gasteiger partial charge in [0.15, 0.2) is 0 Å². The van der Waals surface area contributed by atoms with Crippen LogP contribution in [-0.2, 0) is 9.59 Å². The Morgan fingerprint density at radius 1 is 1.53 bits per heavy atom. The van der Waals surface area contributed by atoms with Crippen LogP contribution in [-0.4, -0.2) is 23.0 Å². The van der Waals surface area contributed by atoms with Gasteiger partial charge in [-0.15, -0.1) is 0 Å². The van der Waals surface area contributed by atoms with E-state index in [0.29, 0.717) is 17.0 Å². The van der Waals surface area contributed by atoms with E-state index >= 15 is 0 Å². The van der Waals surface area contributed by atoms with Crippen molar-refractivity contribution < 1.29 is 19.1 Å². The topological polar surface area (TPSA) is 66.4 Å². The first-order chi connectivity index (χ1) is 8.91. The molecule has 1 aliphatic rings. The SMILES string of the molecule is C[C@@H](NC(=O)C1CC1c1c(F)cccc1Cl)C(=O)O. The molecule has 0 spiro atoms. The molecule has 2 rings (SSSR count). The van der Waals surface area contributed by atoms with Crippen LogP contribution in [0.3, 0.4) is 0 Å². The molecule has 0 bridgehead atoms. The molecule has 0 heterocycles. The van der Waals surface area contributed by atoms with Crippen LogP contribution in [0.1, 0.15) is 24.8 Å². The van der Waals surface area contributed by atoms with Crippen molar-refractivity contribution in [3.63, 3.8) is 0 Å². The first-order valence-corrected chi connectivity index (χ1v) is 6.26. The third kappa shape index (κ3) is 2.87. The molecule has 1 saturated carbocycles. The maximum Gasteiger partial charge on any atom is 0.325 e. The zero-order valence-corrected chi connectivity index (χ0v) is 10.9. The standard InChI is InChI=1S/C13H13ClFNO3/c1-6(13(18)19)16-12(17)8-5-7(8)11-9(14)3-2-4-10(11)15/h2-4,6-8H,5H2,1H3,(H,16,17)(H,18,19)/t6-,7?,8?/m1/s1. The smallest absolute Gasteiger partial charge is 0.325 e. The molecule has 1 aliphatic carbocycles. The Morgan fingerprint density at radius 3 is 2.79 bits per heavy atom. The van der Waals surface area contributed by atoms with Crippen molar-refractivity contribution >= 4 is 23.5 Å². The van der Waals surface area contributed by atoms with Crippen LogP contribution in [0.5, 0.6) is 0 Å². The summed E-state index contributed by atoms with van der Waals surface area (Å²) in [7, 11) is 0. The van der Waals surface area contributed by atoms with E-state index in [1.165, 1.54) is 19.1 Å². The van der Waals surface area contributed by atoms with Gasteiger partial charge < -0.3 is 10.4 Å². The summed E-state index contributed by atoms with van der Waals surface area (Å²) in [4.78, 5) is 22.4. The van der Waals surface area contributed by atoms with Crippen LogP contribution in [0.15, 0.2) is 18.2 Å². The molecule has 0 radical (unpaired) electrons. The number of rotatable bonds is 4. The highest BCUT2D eigenvalue weighted by atomic mass is 35.5. The summed E-state index contributed by atoms with van der Waals surface area (Å²) < 4.78 is 13.7. The van der Waals surface area contributed by atoms with Crippen molar-refractivity contribution in [1.82, 2.24) is 5.32 Å². The molecule has 1 aromatic carbocycles. The highest BCUT2D eigenvalue weighted by Crippen LogP contribution is 2.50. The van der Waals surface area contributed by atoms with Crippen LogP contribution in [0.4, 0.5) is 4.39 Å². The molecular formula is C13H13ClFNO3. The fourth-order valence-corrected chi connectivity index (χ4v) is 2.35. The molecule has 1 fully saturated rings. The Balaban J connectivity index is 2.05. The van der Waals surface area contributed by atoms with Gasteiger partial charge in [0, 0.05) is 22.4 Å². The predicted molar refractivity (Wildman–Crippen MR) is 67.5 cm³/mol. The summed E-state index contributed by atoms with van der Waals surface area (Å²) in [5.41, 5.74) is 0.340. The van der Waals surface area contributed by atoms with Gasteiger partial charge in [-0.05, 0) is 25.5 Å². The molecule has 19 heavy (non-hydrogen) atoms. The number of halogens is 2. The highest BCUT2D eigenvalue weighted by Gasteiger charge is 2.46. The van der Waals surface area contributed by atoms with E-state index in [9.17, 15) is 14.0 Å². The Bertz CT molecular complexity index is 514. The van der Waals surface area contributed by atoms with E-state index in [4.69, 9.17) is 16.7 Å². The van der Waals surface area contributed by atoms with Crippen LogP contribution >= 0.6 is 11.6 Å². The summed E-state index contributed by atoms with van der Waals surface area (Å²) in [5.74, 6) is -2.58. The van der Waals surface area contributed by atoms with E-state index < -0.39 is 23.7 Å². The van der Waals surface area contributed by atoms with Gasteiger partial charge in [0.25, 0.3) is 0 Å². The lowest BCUT2D eigenvalue weighted by Gasteiger charge is -2.09. The fraction of sp³-hybridized carbons (Fsp3) is 0.385. The van der Waals surface area contributed by atoms with Crippen molar-refractivity contribution in [2.24, 2.45) is 5.92 Å². The number of aliphatic carboxylic acids is 1. The lowest BCUT2D eigenvalue weighted by Crippen LogP contribution is -2.39. The number of carbonyl (C=O) groups is 2. The minimum absolute atomic E-state index is 0.269. The van der Waals surface area contributed by atoms with E-state index in [1.807, 2.05) is 0 Å². The summed E-state index contributed by atoms with van der Waals surface area (Å²) in [6, 6.07) is 3.43. The zero-order valence-electron chi connectivity index (χ0n) is 10.2. The van der Waals surface area contributed by atoms with Gasteiger partial charge in [0.05, 0.1) is 0 Å². The Labute approximate surface area is 114 Å². The summed E-state index contributed by atoms with van der Waals surface area (Å²) >= 11 is 5.92. The minimum Gasteiger partial charge on any atom is -0.480 e. The van der Waals surface area contributed by atoms with Crippen LogP contribution in [0.2, 0.25) is 5.02 Å². The van der Waals surface area contributed by atoms with Gasteiger partial charge in [-0.1, -0.05) is 17.7 Å². The van der Waals surface area contributed by atoms with E-state index in [-0.39, 0.29) is 11.8 Å². The third-order valence-electron chi connectivity index (χ3n) is 3.23. The quantitative estimate of drug-likeness (QED) is 0.891. The van der Waals surface area contributed by atoms with Gasteiger partial charge in [0.2, 0.25) is 5.91 Å². The average Bonchev–Trinajstić information content (AvgIpc) is 3.08. The van der Waals surface area contributed by atoms with Crippen LogP contribution in [0.25, 0.3) is 0 Å². The Morgan fingerprint density at radius 2 is 2.21 bits per heavy atom. The van der Waals surface area contributed by atoms with Crippen molar-refractivity contribution in [3.05, 3.63) is 34.6 Å². The second-order valence-electron chi connectivity index (χ2n) is 4.65. The maximum absolute atomic E-state index is 13.7. The monoisotopic (exact) mass is 285 g/mol. The number of nitrogens with one attached hydrogen (secondary N) is 1. The summed E-state index contributed by atoms with van der Waals surface area (Å²) in [5, 5.41) is 11.4. The van der Waals surface area contributed by atoms with E-state index in [2.05, 4.69) is 5.32 Å². The molecule has 1 aromatic rings.